The van der Waals surface area contributed by atoms with Gasteiger partial charge in [0.25, 0.3) is 5.91 Å². The number of thiazole rings is 1. The van der Waals surface area contributed by atoms with E-state index in [9.17, 15) is 4.79 Å². The molecule has 1 N–H and O–H groups in total. The van der Waals surface area contributed by atoms with Crippen LogP contribution in [0, 0.1) is 5.92 Å². The molecule has 1 aromatic heterocycles. The Balaban J connectivity index is 1.75. The molecule has 0 unspecified atom stereocenters. The average molecular weight is 351 g/mol. The quantitative estimate of drug-likeness (QED) is 0.877. The fourth-order valence-corrected chi connectivity index (χ4v) is 3.79. The van der Waals surface area contributed by atoms with Crippen molar-refractivity contribution >= 4 is 38.3 Å². The number of rotatable bonds is 2. The molecule has 0 spiro atoms. The summed E-state index contributed by atoms with van der Waals surface area (Å²) in [5.41, 5.74) is 1.81. The van der Waals surface area contributed by atoms with Crippen LogP contribution in [0.5, 0.6) is 0 Å². The summed E-state index contributed by atoms with van der Waals surface area (Å²) in [5, 5.41) is 3.62. The molecule has 3 nitrogen and oxygen atoms in total. The number of nitrogens with one attached hydrogen (secondary N) is 1. The second-order valence-corrected chi connectivity index (χ2v) is 7.20. The van der Waals surface area contributed by atoms with Gasteiger partial charge in [-0.1, -0.05) is 22.9 Å². The number of aromatic nitrogens is 1. The number of halogens is 1. The maximum Gasteiger partial charge on any atom is 0.257 e. The highest BCUT2D eigenvalue weighted by atomic mass is 79.9. The number of hydrogen-bond donors (Lipinski definition) is 1. The van der Waals surface area contributed by atoms with Crippen LogP contribution in [-0.4, -0.2) is 10.9 Å². The average Bonchev–Trinajstić information content (AvgIpc) is 2.80. The smallest absolute Gasteiger partial charge is 0.257 e. The van der Waals surface area contributed by atoms with Crippen LogP contribution in [0.1, 0.15) is 34.3 Å². The predicted octanol–water partition coefficient (Wildman–Crippen LogP) is 4.28. The molecule has 0 fully saturated rings. The van der Waals surface area contributed by atoms with Crippen LogP contribution in [0.25, 0.3) is 0 Å². The highest BCUT2D eigenvalue weighted by Gasteiger charge is 2.20. The Bertz CT molecular complexity index is 636. The van der Waals surface area contributed by atoms with E-state index in [1.165, 1.54) is 17.0 Å². The molecule has 1 aromatic carbocycles. The highest BCUT2D eigenvalue weighted by Crippen LogP contribution is 2.32. The fraction of sp³-hybridized carbons (Fsp3) is 0.333. The third-order valence-corrected chi connectivity index (χ3v) is 5.08. The standard InChI is InChI=1S/C15H15BrN2OS/c1-9-2-7-12-13(8-9)20-15(17-12)18-14(19)10-3-5-11(16)6-4-10/h3-6,9H,2,7-8H2,1H3,(H,17,18,19)/t9-/m1/s1. The lowest BCUT2D eigenvalue weighted by Gasteiger charge is -2.15. The Morgan fingerprint density at radius 3 is 2.90 bits per heavy atom. The molecular formula is C15H15BrN2OS. The molecule has 1 aliphatic rings. The number of anilines is 1. The van der Waals surface area contributed by atoms with Gasteiger partial charge in [-0.05, 0) is 49.4 Å². The van der Waals surface area contributed by atoms with Crippen LogP contribution in [0.15, 0.2) is 28.7 Å². The minimum Gasteiger partial charge on any atom is -0.298 e. The van der Waals surface area contributed by atoms with Gasteiger partial charge < -0.3 is 0 Å². The number of hydrogen-bond acceptors (Lipinski definition) is 3. The van der Waals surface area contributed by atoms with Crippen molar-refractivity contribution in [3.8, 4) is 0 Å². The first-order valence-corrected chi connectivity index (χ1v) is 8.28. The molecular weight excluding hydrogens is 336 g/mol. The second kappa shape index (κ2) is 5.66. The third kappa shape index (κ3) is 2.94. The van der Waals surface area contributed by atoms with Gasteiger partial charge in [0, 0.05) is 14.9 Å². The van der Waals surface area contributed by atoms with Gasteiger partial charge in [-0.3, -0.25) is 10.1 Å². The zero-order chi connectivity index (χ0) is 14.1. The molecule has 5 heteroatoms. The molecule has 3 rings (SSSR count). The van der Waals surface area contributed by atoms with Gasteiger partial charge in [0.2, 0.25) is 0 Å². The van der Waals surface area contributed by atoms with Crippen LogP contribution >= 0.6 is 27.3 Å². The summed E-state index contributed by atoms with van der Waals surface area (Å²) >= 11 is 4.98. The van der Waals surface area contributed by atoms with E-state index < -0.39 is 0 Å². The molecule has 2 aromatic rings. The van der Waals surface area contributed by atoms with E-state index >= 15 is 0 Å². The van der Waals surface area contributed by atoms with Crippen LogP contribution in [0.2, 0.25) is 0 Å². The number of aryl methyl sites for hydroxylation is 1. The highest BCUT2D eigenvalue weighted by molar-refractivity contribution is 9.10. The zero-order valence-electron chi connectivity index (χ0n) is 11.1. The molecule has 0 saturated carbocycles. The molecule has 1 amide bonds. The summed E-state index contributed by atoms with van der Waals surface area (Å²) in [7, 11) is 0. The topological polar surface area (TPSA) is 42.0 Å². The molecule has 1 heterocycles. The Hall–Kier alpha value is -1.20. The van der Waals surface area contributed by atoms with Crippen molar-refractivity contribution in [2.24, 2.45) is 5.92 Å². The number of fused-ring (bicyclic) bond motifs is 1. The minimum absolute atomic E-state index is 0.100. The summed E-state index contributed by atoms with van der Waals surface area (Å²) in [5.74, 6) is 0.620. The number of benzene rings is 1. The second-order valence-electron chi connectivity index (χ2n) is 5.20. The Morgan fingerprint density at radius 2 is 2.15 bits per heavy atom. The van der Waals surface area contributed by atoms with Gasteiger partial charge in [-0.15, -0.1) is 11.3 Å². The lowest BCUT2D eigenvalue weighted by Crippen LogP contribution is -2.11. The first-order chi connectivity index (χ1) is 9.61. The summed E-state index contributed by atoms with van der Waals surface area (Å²) in [6, 6.07) is 7.33. The van der Waals surface area contributed by atoms with E-state index in [0.717, 1.165) is 28.4 Å². The molecule has 104 valence electrons. The zero-order valence-corrected chi connectivity index (χ0v) is 13.6. The molecule has 20 heavy (non-hydrogen) atoms. The lowest BCUT2D eigenvalue weighted by atomic mass is 9.93. The van der Waals surface area contributed by atoms with Crippen molar-refractivity contribution in [2.75, 3.05) is 5.32 Å². The molecule has 0 saturated heterocycles. The summed E-state index contributed by atoms with van der Waals surface area (Å²) in [6.45, 7) is 2.27. The van der Waals surface area contributed by atoms with E-state index in [2.05, 4.69) is 33.2 Å². The Kier molecular flexibility index (Phi) is 3.89. The molecule has 1 aliphatic carbocycles. The van der Waals surface area contributed by atoms with E-state index in [4.69, 9.17) is 0 Å². The van der Waals surface area contributed by atoms with Crippen molar-refractivity contribution < 1.29 is 4.79 Å². The van der Waals surface area contributed by atoms with E-state index in [1.54, 1.807) is 23.5 Å². The maximum absolute atomic E-state index is 12.1. The number of carbonyl (C=O) groups excluding carboxylic acids is 1. The Morgan fingerprint density at radius 1 is 1.40 bits per heavy atom. The van der Waals surface area contributed by atoms with Crippen LogP contribution in [0.4, 0.5) is 5.13 Å². The monoisotopic (exact) mass is 350 g/mol. The minimum atomic E-state index is -0.100. The predicted molar refractivity (Wildman–Crippen MR) is 85.4 cm³/mol. The first-order valence-electron chi connectivity index (χ1n) is 6.67. The van der Waals surface area contributed by atoms with E-state index in [1.807, 2.05) is 12.1 Å². The first kappa shape index (κ1) is 13.8. The Labute approximate surface area is 130 Å². The van der Waals surface area contributed by atoms with Gasteiger partial charge in [-0.2, -0.15) is 0 Å². The van der Waals surface area contributed by atoms with Gasteiger partial charge in [0.1, 0.15) is 0 Å². The van der Waals surface area contributed by atoms with Gasteiger partial charge in [0.05, 0.1) is 5.69 Å². The molecule has 0 bridgehead atoms. The molecule has 1 atom stereocenters. The van der Waals surface area contributed by atoms with Crippen molar-refractivity contribution in [1.82, 2.24) is 4.98 Å². The van der Waals surface area contributed by atoms with Crippen LogP contribution < -0.4 is 5.32 Å². The normalized spacial score (nSPS) is 17.6. The van der Waals surface area contributed by atoms with Crippen molar-refractivity contribution in [3.05, 3.63) is 44.9 Å². The fourth-order valence-electron chi connectivity index (χ4n) is 2.36. The molecule has 0 radical (unpaired) electrons. The van der Waals surface area contributed by atoms with Gasteiger partial charge in [0.15, 0.2) is 5.13 Å². The van der Waals surface area contributed by atoms with E-state index in [0.29, 0.717) is 5.56 Å². The largest absolute Gasteiger partial charge is 0.298 e. The molecule has 0 aliphatic heterocycles. The van der Waals surface area contributed by atoms with Crippen molar-refractivity contribution in [2.45, 2.75) is 26.2 Å². The van der Waals surface area contributed by atoms with Crippen LogP contribution in [0.3, 0.4) is 0 Å². The summed E-state index contributed by atoms with van der Waals surface area (Å²) in [6.07, 6.45) is 3.30. The van der Waals surface area contributed by atoms with Crippen molar-refractivity contribution in [1.29, 1.82) is 0 Å². The number of carbonyl (C=O) groups is 1. The van der Waals surface area contributed by atoms with Gasteiger partial charge in [-0.25, -0.2) is 4.98 Å². The lowest BCUT2D eigenvalue weighted by molar-refractivity contribution is 0.102. The van der Waals surface area contributed by atoms with Crippen LogP contribution in [-0.2, 0) is 12.8 Å². The third-order valence-electron chi connectivity index (χ3n) is 3.51. The summed E-state index contributed by atoms with van der Waals surface area (Å²) < 4.78 is 0.966. The number of amides is 1. The summed E-state index contributed by atoms with van der Waals surface area (Å²) in [4.78, 5) is 18.0. The van der Waals surface area contributed by atoms with Crippen molar-refractivity contribution in [3.63, 3.8) is 0 Å². The van der Waals surface area contributed by atoms with Gasteiger partial charge >= 0.3 is 0 Å². The number of nitrogens with zero attached hydrogens (tertiary/aromatic N) is 1. The van der Waals surface area contributed by atoms with E-state index in [-0.39, 0.29) is 5.91 Å². The SMILES string of the molecule is C[C@@H]1CCc2nc(NC(=O)c3ccc(Br)cc3)sc2C1. The maximum atomic E-state index is 12.1.